The average Bonchev–Trinajstić information content (AvgIpc) is 3.03. The van der Waals surface area contributed by atoms with Crippen LogP contribution in [-0.2, 0) is 0 Å². The molecule has 1 aromatic carbocycles. The molecular weight excluding hydrogens is 346 g/mol. The van der Waals surface area contributed by atoms with Crippen molar-refractivity contribution in [3.63, 3.8) is 0 Å². The van der Waals surface area contributed by atoms with Crippen LogP contribution in [0.5, 0.6) is 0 Å². The monoisotopic (exact) mass is 371 g/mol. The van der Waals surface area contributed by atoms with E-state index in [1.54, 1.807) is 29.5 Å². The third-order valence-electron chi connectivity index (χ3n) is 6.36. The lowest BCUT2D eigenvalue weighted by Gasteiger charge is -2.55. The Morgan fingerprint density at radius 2 is 2.23 bits per heavy atom. The van der Waals surface area contributed by atoms with Gasteiger partial charge in [-0.1, -0.05) is 37.3 Å². The van der Waals surface area contributed by atoms with Gasteiger partial charge < -0.3 is 4.90 Å². The van der Waals surface area contributed by atoms with Crippen LogP contribution in [-0.4, -0.2) is 33.8 Å². The highest BCUT2D eigenvalue weighted by Gasteiger charge is 2.49. The Bertz CT molecular complexity index is 815. The molecule has 2 unspecified atom stereocenters. The molecule has 1 heterocycles. The number of nitro benzene ring substituents is 1. The molecule has 0 N–H and O–H groups in total. The molecule has 2 bridgehead atoms. The van der Waals surface area contributed by atoms with Crippen LogP contribution >= 0.6 is 11.8 Å². The Morgan fingerprint density at radius 1 is 1.42 bits per heavy atom. The number of rotatable bonds is 4. The minimum Gasteiger partial charge on any atom is -0.346 e. The van der Waals surface area contributed by atoms with Gasteiger partial charge in [-0.25, -0.2) is 4.99 Å². The van der Waals surface area contributed by atoms with Gasteiger partial charge in [-0.05, 0) is 48.6 Å². The minimum absolute atomic E-state index is 0.122. The van der Waals surface area contributed by atoms with Crippen molar-refractivity contribution < 1.29 is 4.92 Å². The first-order valence-corrected chi connectivity index (χ1v) is 10.2. The highest BCUT2D eigenvalue weighted by Crippen LogP contribution is 2.58. The van der Waals surface area contributed by atoms with Crippen LogP contribution in [0, 0.1) is 34.3 Å². The van der Waals surface area contributed by atoms with Crippen LogP contribution in [0.1, 0.15) is 32.3 Å². The maximum atomic E-state index is 10.9. The van der Waals surface area contributed by atoms with Crippen LogP contribution < -0.4 is 0 Å². The highest BCUT2D eigenvalue weighted by molar-refractivity contribution is 8.14. The molecule has 1 aromatic rings. The van der Waals surface area contributed by atoms with Crippen molar-refractivity contribution in [2.75, 3.05) is 18.8 Å². The van der Waals surface area contributed by atoms with Crippen LogP contribution in [0.3, 0.4) is 0 Å². The number of nitrogens with zero attached hydrogens (tertiary/aromatic N) is 3. The van der Waals surface area contributed by atoms with Crippen molar-refractivity contribution in [2.45, 2.75) is 33.6 Å². The molecule has 3 aliphatic carbocycles. The molecule has 2 fully saturated rings. The van der Waals surface area contributed by atoms with E-state index in [0.717, 1.165) is 47.1 Å². The van der Waals surface area contributed by atoms with Crippen molar-refractivity contribution in [3.8, 4) is 0 Å². The Kier molecular flexibility index (Phi) is 4.34. The molecular formula is C20H25N3O2S. The number of amidine groups is 1. The second kappa shape index (κ2) is 6.41. The Morgan fingerprint density at radius 3 is 2.85 bits per heavy atom. The molecule has 5 rings (SSSR count). The number of aliphatic imine (C=N–C) groups is 1. The molecule has 2 atom stereocenters. The lowest BCUT2D eigenvalue weighted by Crippen LogP contribution is -2.47. The number of thioether (sulfide) groups is 1. The fraction of sp³-hybridized carbons (Fsp3) is 0.550. The topological polar surface area (TPSA) is 58.7 Å². The van der Waals surface area contributed by atoms with Crippen LogP contribution in [0.25, 0.3) is 0 Å². The van der Waals surface area contributed by atoms with Gasteiger partial charge in [-0.2, -0.15) is 0 Å². The van der Waals surface area contributed by atoms with Gasteiger partial charge in [0, 0.05) is 31.0 Å². The Hall–Kier alpha value is -1.82. The quantitative estimate of drug-likeness (QED) is 0.428. The van der Waals surface area contributed by atoms with Crippen LogP contribution in [0.2, 0.25) is 0 Å². The molecule has 138 valence electrons. The van der Waals surface area contributed by atoms with Crippen molar-refractivity contribution >= 4 is 28.3 Å². The van der Waals surface area contributed by atoms with E-state index in [2.05, 4.69) is 24.8 Å². The Labute approximate surface area is 158 Å². The van der Waals surface area contributed by atoms with E-state index in [-0.39, 0.29) is 10.6 Å². The molecule has 1 aliphatic heterocycles. The summed E-state index contributed by atoms with van der Waals surface area (Å²) in [5.74, 6) is 2.63. The van der Waals surface area contributed by atoms with Gasteiger partial charge in [0.15, 0.2) is 5.17 Å². The summed E-state index contributed by atoms with van der Waals surface area (Å²) in [5.41, 5.74) is 3.83. The van der Waals surface area contributed by atoms with E-state index in [1.807, 2.05) is 6.92 Å². The molecule has 4 aliphatic rings. The number of benzene rings is 1. The van der Waals surface area contributed by atoms with Gasteiger partial charge in [0.1, 0.15) is 0 Å². The first-order valence-electron chi connectivity index (χ1n) is 9.25. The fourth-order valence-electron chi connectivity index (χ4n) is 4.38. The van der Waals surface area contributed by atoms with E-state index in [9.17, 15) is 10.1 Å². The molecule has 0 radical (unpaired) electrons. The number of fused-ring (bicyclic) bond motifs is 1. The van der Waals surface area contributed by atoms with E-state index in [1.165, 1.54) is 18.9 Å². The Balaban J connectivity index is 1.51. The number of nitro groups is 1. The first-order chi connectivity index (χ1) is 12.3. The predicted molar refractivity (Wildman–Crippen MR) is 107 cm³/mol. The van der Waals surface area contributed by atoms with Gasteiger partial charge in [0.05, 0.1) is 10.6 Å². The number of hydrogen-bond acceptors (Lipinski definition) is 4. The number of aryl methyl sites for hydroxylation is 1. The third kappa shape index (κ3) is 3.04. The maximum absolute atomic E-state index is 10.9. The first kappa shape index (κ1) is 17.6. The lowest BCUT2D eigenvalue weighted by atomic mass is 9.50. The average molecular weight is 372 g/mol. The number of non-ortho nitro benzene ring substituents is 1. The summed E-state index contributed by atoms with van der Waals surface area (Å²) in [6.45, 7) is 8.67. The molecule has 0 spiro atoms. The second-order valence-corrected chi connectivity index (χ2v) is 9.34. The minimum atomic E-state index is -0.358. The van der Waals surface area contributed by atoms with Crippen molar-refractivity contribution in [2.24, 2.45) is 22.2 Å². The van der Waals surface area contributed by atoms with Crippen LogP contribution in [0.15, 0.2) is 34.8 Å². The van der Waals surface area contributed by atoms with Gasteiger partial charge in [0.2, 0.25) is 0 Å². The van der Waals surface area contributed by atoms with E-state index in [4.69, 9.17) is 4.99 Å². The van der Waals surface area contributed by atoms with E-state index < -0.39 is 0 Å². The molecule has 26 heavy (non-hydrogen) atoms. The van der Waals surface area contributed by atoms with Gasteiger partial charge in [0.25, 0.3) is 5.69 Å². The van der Waals surface area contributed by atoms with Crippen molar-refractivity contribution in [1.29, 1.82) is 0 Å². The van der Waals surface area contributed by atoms with Crippen molar-refractivity contribution in [1.82, 2.24) is 4.90 Å². The summed E-state index contributed by atoms with van der Waals surface area (Å²) in [6.07, 6.45) is 5.08. The van der Waals surface area contributed by atoms with Crippen molar-refractivity contribution in [3.05, 3.63) is 45.5 Å². The van der Waals surface area contributed by atoms with Gasteiger partial charge >= 0.3 is 0 Å². The molecule has 6 heteroatoms. The molecule has 1 saturated carbocycles. The molecule has 5 nitrogen and oxygen atoms in total. The number of hydrogen-bond donors (Lipinski definition) is 0. The van der Waals surface area contributed by atoms with E-state index in [0.29, 0.717) is 5.41 Å². The molecule has 0 aromatic heterocycles. The zero-order chi connectivity index (χ0) is 18.5. The van der Waals surface area contributed by atoms with Crippen LogP contribution in [0.4, 0.5) is 11.4 Å². The normalized spacial score (nSPS) is 28.0. The summed E-state index contributed by atoms with van der Waals surface area (Å²) < 4.78 is 0. The zero-order valence-corrected chi connectivity index (χ0v) is 16.4. The van der Waals surface area contributed by atoms with Gasteiger partial charge in [-0.3, -0.25) is 10.1 Å². The smallest absolute Gasteiger partial charge is 0.269 e. The van der Waals surface area contributed by atoms with E-state index >= 15 is 0 Å². The predicted octanol–water partition coefficient (Wildman–Crippen LogP) is 4.93. The standard InChI is InChI=1S/C20H25N3O2S/c1-13-8-17(23(24)25)4-5-18(13)21-19-22(6-7-26-19)12-14-9-15-11-16(10-14)20(15,2)3/h4-5,8-9,15-16H,6-7,10-12H2,1-3H3. The summed E-state index contributed by atoms with van der Waals surface area (Å²) in [6, 6.07) is 4.90. The third-order valence-corrected chi connectivity index (χ3v) is 7.35. The second-order valence-electron chi connectivity index (χ2n) is 8.28. The lowest BCUT2D eigenvalue weighted by molar-refractivity contribution is -0.384. The number of allylic oxidation sites excluding steroid dienone is 1. The van der Waals surface area contributed by atoms with Gasteiger partial charge in [-0.15, -0.1) is 0 Å². The fourth-order valence-corrected chi connectivity index (χ4v) is 5.38. The molecule has 0 amide bonds. The summed E-state index contributed by atoms with van der Waals surface area (Å²) >= 11 is 1.78. The SMILES string of the molecule is Cc1cc([N+](=O)[O-])ccc1N=C1SCCN1CC1=CC2CC(C1)C2(C)C. The maximum Gasteiger partial charge on any atom is 0.269 e. The summed E-state index contributed by atoms with van der Waals surface area (Å²) in [7, 11) is 0. The highest BCUT2D eigenvalue weighted by atomic mass is 32.2. The molecule has 1 saturated heterocycles. The summed E-state index contributed by atoms with van der Waals surface area (Å²) in [5, 5.41) is 12.0. The zero-order valence-electron chi connectivity index (χ0n) is 15.6. The summed E-state index contributed by atoms with van der Waals surface area (Å²) in [4.78, 5) is 17.7. The largest absolute Gasteiger partial charge is 0.346 e.